The number of carboxylic acid groups (broad SMARTS) is 1. The number of hydrogen-bond donors (Lipinski definition) is 1. The number of amides is 1. The second kappa shape index (κ2) is 4.36. The van der Waals surface area contributed by atoms with Crippen LogP contribution in [0.3, 0.4) is 0 Å². The van der Waals surface area contributed by atoms with Crippen molar-refractivity contribution in [2.75, 3.05) is 19.3 Å². The van der Waals surface area contributed by atoms with Crippen molar-refractivity contribution in [3.8, 4) is 0 Å². The van der Waals surface area contributed by atoms with E-state index in [1.165, 1.54) is 4.90 Å². The monoisotopic (exact) mass is 237 g/mol. The Morgan fingerprint density at radius 2 is 2.20 bits per heavy atom. The molecule has 1 aliphatic heterocycles. The van der Waals surface area contributed by atoms with E-state index in [2.05, 4.69) is 0 Å². The topological polar surface area (TPSA) is 83.9 Å². The number of carbonyl (C=O) groups is 1. The first-order valence-electron chi connectivity index (χ1n) is 4.65. The molecule has 0 bridgehead atoms. The normalized spacial score (nSPS) is 24.1. The van der Waals surface area contributed by atoms with Crippen LogP contribution in [-0.4, -0.2) is 50.0 Å². The van der Waals surface area contributed by atoms with Gasteiger partial charge in [0.05, 0.1) is 12.4 Å². The van der Waals surface area contributed by atoms with Gasteiger partial charge >= 0.3 is 6.09 Å². The van der Waals surface area contributed by atoms with E-state index in [0.29, 0.717) is 19.5 Å². The predicted octanol–water partition coefficient (Wildman–Crippen LogP) is 0.351. The van der Waals surface area contributed by atoms with E-state index in [1.807, 2.05) is 0 Å². The third-order valence-corrected chi connectivity index (χ3v) is 3.14. The summed E-state index contributed by atoms with van der Waals surface area (Å²) < 4.78 is 26.5. The molecule has 1 fully saturated rings. The summed E-state index contributed by atoms with van der Waals surface area (Å²) in [5, 5.41) is 8.71. The molecule has 15 heavy (non-hydrogen) atoms. The van der Waals surface area contributed by atoms with Crippen LogP contribution in [0.15, 0.2) is 0 Å². The zero-order chi connectivity index (χ0) is 11.6. The second-order valence-electron chi connectivity index (χ2n) is 3.78. The highest BCUT2D eigenvalue weighted by atomic mass is 32.2. The fraction of sp³-hybridized carbons (Fsp3) is 0.875. The van der Waals surface area contributed by atoms with Crippen LogP contribution in [-0.2, 0) is 14.3 Å². The average Bonchev–Trinajstić information content (AvgIpc) is 2.47. The summed E-state index contributed by atoms with van der Waals surface area (Å²) in [4.78, 5) is 11.9. The van der Waals surface area contributed by atoms with Crippen LogP contribution in [0, 0.1) is 5.92 Å². The third kappa shape index (κ3) is 3.67. The van der Waals surface area contributed by atoms with Crippen molar-refractivity contribution < 1.29 is 22.5 Å². The molecule has 1 rings (SSSR count). The minimum atomic E-state index is -3.46. The highest BCUT2D eigenvalue weighted by molar-refractivity contribution is 7.86. The van der Waals surface area contributed by atoms with Crippen molar-refractivity contribution in [1.29, 1.82) is 0 Å². The van der Waals surface area contributed by atoms with Crippen LogP contribution in [0.25, 0.3) is 0 Å². The maximum absolute atomic E-state index is 10.9. The molecule has 88 valence electrons. The van der Waals surface area contributed by atoms with E-state index >= 15 is 0 Å². The van der Waals surface area contributed by atoms with Gasteiger partial charge in [0.1, 0.15) is 0 Å². The van der Waals surface area contributed by atoms with Crippen molar-refractivity contribution in [3.63, 3.8) is 0 Å². The fourth-order valence-electron chi connectivity index (χ4n) is 1.70. The number of rotatable bonds is 3. The van der Waals surface area contributed by atoms with Gasteiger partial charge in [0.25, 0.3) is 10.1 Å². The molecule has 1 aliphatic rings. The van der Waals surface area contributed by atoms with Crippen molar-refractivity contribution in [2.45, 2.75) is 19.4 Å². The molecule has 1 heterocycles. The van der Waals surface area contributed by atoms with E-state index in [9.17, 15) is 13.2 Å². The molecule has 0 radical (unpaired) electrons. The van der Waals surface area contributed by atoms with Crippen LogP contribution in [0.5, 0.6) is 0 Å². The van der Waals surface area contributed by atoms with Crippen molar-refractivity contribution in [2.24, 2.45) is 5.92 Å². The van der Waals surface area contributed by atoms with Crippen LogP contribution >= 0.6 is 0 Å². The molecule has 2 atom stereocenters. The Morgan fingerprint density at radius 3 is 2.60 bits per heavy atom. The van der Waals surface area contributed by atoms with E-state index in [1.54, 1.807) is 6.92 Å². The Hall–Kier alpha value is -0.820. The number of nitrogens with zero attached hydrogens (tertiary/aromatic N) is 1. The fourth-order valence-corrected chi connectivity index (χ4v) is 2.41. The lowest BCUT2D eigenvalue weighted by Crippen LogP contribution is -2.30. The Bertz CT molecular complexity index is 339. The summed E-state index contributed by atoms with van der Waals surface area (Å²) in [5.41, 5.74) is 0. The van der Waals surface area contributed by atoms with E-state index < -0.39 is 22.3 Å². The predicted molar refractivity (Wildman–Crippen MR) is 53.1 cm³/mol. The molecular weight excluding hydrogens is 222 g/mol. The first-order chi connectivity index (χ1) is 6.79. The minimum Gasteiger partial charge on any atom is -0.465 e. The van der Waals surface area contributed by atoms with Crippen LogP contribution < -0.4 is 0 Å². The first-order valence-corrected chi connectivity index (χ1v) is 6.47. The van der Waals surface area contributed by atoms with Crippen molar-refractivity contribution in [1.82, 2.24) is 4.90 Å². The molecule has 6 nitrogen and oxygen atoms in total. The molecular formula is C8H15NO5S. The van der Waals surface area contributed by atoms with Crippen molar-refractivity contribution in [3.05, 3.63) is 0 Å². The molecule has 1 saturated heterocycles. The lowest BCUT2D eigenvalue weighted by molar-refractivity contribution is 0.140. The molecule has 0 aromatic heterocycles. The lowest BCUT2D eigenvalue weighted by Gasteiger charge is -2.18. The minimum absolute atomic E-state index is 0.0455. The molecule has 1 N–H and O–H groups in total. The maximum Gasteiger partial charge on any atom is 0.407 e. The van der Waals surface area contributed by atoms with Gasteiger partial charge in [-0.1, -0.05) is 0 Å². The van der Waals surface area contributed by atoms with Gasteiger partial charge in [-0.3, -0.25) is 4.18 Å². The molecule has 7 heteroatoms. The van der Waals surface area contributed by atoms with E-state index in [-0.39, 0.29) is 5.92 Å². The van der Waals surface area contributed by atoms with Gasteiger partial charge in [-0.05, 0) is 13.3 Å². The Kier molecular flexibility index (Phi) is 3.56. The zero-order valence-electron chi connectivity index (χ0n) is 8.71. The van der Waals surface area contributed by atoms with Crippen molar-refractivity contribution >= 4 is 16.2 Å². The van der Waals surface area contributed by atoms with Gasteiger partial charge in [-0.2, -0.15) is 8.42 Å². The highest BCUT2D eigenvalue weighted by Crippen LogP contribution is 2.22. The maximum atomic E-state index is 10.9. The molecule has 1 unspecified atom stereocenters. The molecule has 0 aliphatic carbocycles. The lowest BCUT2D eigenvalue weighted by atomic mass is 10.0. The standard InChI is InChI=1S/C8H15NO5S/c1-6(14-15(2,12)13)7-3-4-9(5-7)8(10)11/h6-7H,3-5H2,1-2H3,(H,10,11)/t6?,7-/m1/s1. The average molecular weight is 237 g/mol. The van der Waals surface area contributed by atoms with Gasteiger partial charge in [-0.15, -0.1) is 0 Å². The van der Waals surface area contributed by atoms with E-state index in [0.717, 1.165) is 6.26 Å². The molecule has 0 spiro atoms. The smallest absolute Gasteiger partial charge is 0.407 e. The Balaban J connectivity index is 2.50. The third-order valence-electron chi connectivity index (χ3n) is 2.49. The second-order valence-corrected chi connectivity index (χ2v) is 5.38. The van der Waals surface area contributed by atoms with Gasteiger partial charge < -0.3 is 10.0 Å². The van der Waals surface area contributed by atoms with Gasteiger partial charge in [0.2, 0.25) is 0 Å². The SMILES string of the molecule is CC(OS(C)(=O)=O)[C@@H]1CCN(C(=O)O)C1. The van der Waals surface area contributed by atoms with Crippen LogP contribution in [0.1, 0.15) is 13.3 Å². The van der Waals surface area contributed by atoms with Crippen LogP contribution in [0.2, 0.25) is 0 Å². The van der Waals surface area contributed by atoms with Gasteiger partial charge in [0.15, 0.2) is 0 Å². The molecule has 0 aromatic rings. The summed E-state index contributed by atoms with van der Waals surface area (Å²) in [6, 6.07) is 0. The zero-order valence-corrected chi connectivity index (χ0v) is 9.53. The van der Waals surface area contributed by atoms with Gasteiger partial charge in [0, 0.05) is 19.0 Å². The molecule has 0 aromatic carbocycles. The first kappa shape index (κ1) is 12.3. The van der Waals surface area contributed by atoms with Gasteiger partial charge in [-0.25, -0.2) is 4.79 Å². The summed E-state index contributed by atoms with van der Waals surface area (Å²) in [5.74, 6) is -0.0455. The summed E-state index contributed by atoms with van der Waals surface area (Å²) in [7, 11) is -3.46. The molecule has 0 saturated carbocycles. The quantitative estimate of drug-likeness (QED) is 0.716. The Labute approximate surface area is 89.0 Å². The summed E-state index contributed by atoms with van der Waals surface area (Å²) >= 11 is 0. The highest BCUT2D eigenvalue weighted by Gasteiger charge is 2.31. The molecule has 1 amide bonds. The number of likely N-dealkylation sites (tertiary alicyclic amines) is 1. The van der Waals surface area contributed by atoms with Crippen LogP contribution in [0.4, 0.5) is 4.79 Å². The Morgan fingerprint density at radius 1 is 1.60 bits per heavy atom. The largest absolute Gasteiger partial charge is 0.465 e. The van der Waals surface area contributed by atoms with E-state index in [4.69, 9.17) is 9.29 Å². The summed E-state index contributed by atoms with van der Waals surface area (Å²) in [6.45, 7) is 2.43. The number of hydrogen-bond acceptors (Lipinski definition) is 4. The summed E-state index contributed by atoms with van der Waals surface area (Å²) in [6.07, 6.45) is 0.199.